The summed E-state index contributed by atoms with van der Waals surface area (Å²) in [4.78, 5) is 22.8. The minimum atomic E-state index is -0.842. The lowest BCUT2D eigenvalue weighted by Gasteiger charge is -2.15. The van der Waals surface area contributed by atoms with Crippen molar-refractivity contribution in [1.29, 1.82) is 0 Å². The van der Waals surface area contributed by atoms with Crippen molar-refractivity contribution in [1.82, 2.24) is 19.5 Å². The molecule has 3 N–H and O–H groups in total. The Morgan fingerprint density at radius 1 is 1.48 bits per heavy atom. The van der Waals surface area contributed by atoms with E-state index in [4.69, 9.17) is 15.2 Å². The summed E-state index contributed by atoms with van der Waals surface area (Å²) < 4.78 is 16.0. The molecular weight excluding hydrogens is 282 g/mol. The maximum atomic E-state index is 10.8. The molecule has 2 rings (SSSR count). The normalized spacial score (nSPS) is 12.3. The molecule has 0 bridgehead atoms. The summed E-state index contributed by atoms with van der Waals surface area (Å²) in [5.74, 6) is 0.270. The number of fused-ring (bicyclic) bond motifs is 1. The molecule has 114 valence electrons. The van der Waals surface area contributed by atoms with Crippen molar-refractivity contribution >= 4 is 23.1 Å². The Hall–Kier alpha value is -2.46. The second kappa shape index (κ2) is 6.81. The van der Waals surface area contributed by atoms with Crippen molar-refractivity contribution in [3.63, 3.8) is 0 Å². The molecule has 10 heteroatoms. The molecule has 2 aromatic heterocycles. The fourth-order valence-electron chi connectivity index (χ4n) is 1.55. The van der Waals surface area contributed by atoms with Gasteiger partial charge >= 0.3 is 6.16 Å². The molecular formula is C11H15N5O5. The van der Waals surface area contributed by atoms with Crippen LogP contribution < -0.4 is 5.73 Å². The van der Waals surface area contributed by atoms with E-state index in [-0.39, 0.29) is 25.8 Å². The highest BCUT2D eigenvalue weighted by molar-refractivity contribution is 5.80. The van der Waals surface area contributed by atoms with Crippen molar-refractivity contribution in [2.45, 2.75) is 12.8 Å². The van der Waals surface area contributed by atoms with Crippen LogP contribution >= 0.6 is 0 Å². The molecule has 0 aliphatic heterocycles. The number of imidazole rings is 1. The smallest absolute Gasteiger partial charge is 0.438 e. The molecule has 0 spiro atoms. The van der Waals surface area contributed by atoms with E-state index in [1.165, 1.54) is 19.8 Å². The van der Waals surface area contributed by atoms with E-state index in [2.05, 4.69) is 19.7 Å². The number of hydrogen-bond acceptors (Lipinski definition) is 9. The van der Waals surface area contributed by atoms with Crippen LogP contribution in [0, 0.1) is 0 Å². The summed E-state index contributed by atoms with van der Waals surface area (Å²) in [6.45, 7) is -0.392. The molecule has 2 heterocycles. The molecule has 0 fully saturated rings. The van der Waals surface area contributed by atoms with Crippen LogP contribution in [0.25, 0.3) is 11.2 Å². The molecule has 0 amide bonds. The van der Waals surface area contributed by atoms with Gasteiger partial charge in [-0.2, -0.15) is 0 Å². The van der Waals surface area contributed by atoms with Crippen LogP contribution in [0.5, 0.6) is 0 Å². The summed E-state index contributed by atoms with van der Waals surface area (Å²) in [6, 6.07) is 0. The zero-order valence-electron chi connectivity index (χ0n) is 11.3. The molecule has 1 atom stereocenters. The van der Waals surface area contributed by atoms with E-state index in [1.807, 2.05) is 0 Å². The number of hydrogen-bond donors (Lipinski definition) is 2. The van der Waals surface area contributed by atoms with Gasteiger partial charge in [-0.05, 0) is 0 Å². The third-order valence-corrected chi connectivity index (χ3v) is 2.64. The van der Waals surface area contributed by atoms with Crippen molar-refractivity contribution in [3.05, 3.63) is 12.7 Å². The van der Waals surface area contributed by atoms with E-state index in [9.17, 15) is 9.90 Å². The Balaban J connectivity index is 1.97. The molecule has 2 aromatic rings. The van der Waals surface area contributed by atoms with Crippen LogP contribution in [0.2, 0.25) is 0 Å². The SMILES string of the molecule is COC(=O)OCC(CO)OCn1cnc2c(N)ncnc21. The average molecular weight is 297 g/mol. The molecule has 10 nitrogen and oxygen atoms in total. The Bertz CT molecular complexity index is 616. The Morgan fingerprint density at radius 2 is 2.29 bits per heavy atom. The first-order chi connectivity index (χ1) is 10.2. The molecule has 0 radical (unpaired) electrons. The molecule has 0 aliphatic rings. The zero-order chi connectivity index (χ0) is 15.2. The number of aliphatic hydroxyl groups is 1. The van der Waals surface area contributed by atoms with Gasteiger partial charge in [-0.25, -0.2) is 19.7 Å². The van der Waals surface area contributed by atoms with Gasteiger partial charge in [0.15, 0.2) is 11.5 Å². The van der Waals surface area contributed by atoms with E-state index < -0.39 is 12.3 Å². The first kappa shape index (κ1) is 14.9. The molecule has 21 heavy (non-hydrogen) atoms. The van der Waals surface area contributed by atoms with Gasteiger partial charge in [0.1, 0.15) is 31.3 Å². The van der Waals surface area contributed by atoms with Crippen LogP contribution in [0.1, 0.15) is 0 Å². The number of methoxy groups -OCH3 is 1. The molecule has 0 aliphatic carbocycles. The first-order valence-corrected chi connectivity index (χ1v) is 6.00. The van der Waals surface area contributed by atoms with Crippen LogP contribution in [0.4, 0.5) is 10.6 Å². The highest BCUT2D eigenvalue weighted by Crippen LogP contribution is 2.14. The number of nitrogen functional groups attached to an aromatic ring is 1. The van der Waals surface area contributed by atoms with Crippen molar-refractivity contribution in [2.75, 3.05) is 26.1 Å². The second-order valence-corrected chi connectivity index (χ2v) is 4.01. The third kappa shape index (κ3) is 3.55. The van der Waals surface area contributed by atoms with Gasteiger partial charge in [0.2, 0.25) is 0 Å². The van der Waals surface area contributed by atoms with Crippen LogP contribution in [0.15, 0.2) is 12.7 Å². The number of rotatable bonds is 6. The van der Waals surface area contributed by atoms with Gasteiger partial charge < -0.3 is 25.1 Å². The molecule has 0 aromatic carbocycles. The molecule has 0 saturated carbocycles. The van der Waals surface area contributed by atoms with Crippen LogP contribution in [0.3, 0.4) is 0 Å². The predicted octanol–water partition coefficient (Wildman–Crippen LogP) is -0.474. The lowest BCUT2D eigenvalue weighted by molar-refractivity contribution is -0.0595. The molecule has 0 saturated heterocycles. The van der Waals surface area contributed by atoms with Gasteiger partial charge in [-0.15, -0.1) is 0 Å². The topological polar surface area (TPSA) is 135 Å². The van der Waals surface area contributed by atoms with Gasteiger partial charge in [-0.1, -0.05) is 0 Å². The van der Waals surface area contributed by atoms with Gasteiger partial charge in [-0.3, -0.25) is 4.57 Å². The summed E-state index contributed by atoms with van der Waals surface area (Å²) in [5.41, 5.74) is 6.64. The second-order valence-electron chi connectivity index (χ2n) is 4.01. The number of carbonyl (C=O) groups excluding carboxylic acids is 1. The number of carbonyl (C=O) groups is 1. The van der Waals surface area contributed by atoms with E-state index in [1.54, 1.807) is 4.57 Å². The fourth-order valence-corrected chi connectivity index (χ4v) is 1.55. The van der Waals surface area contributed by atoms with E-state index in [0.717, 1.165) is 0 Å². The van der Waals surface area contributed by atoms with Crippen LogP contribution in [-0.2, 0) is 20.9 Å². The minimum Gasteiger partial charge on any atom is -0.438 e. The Morgan fingerprint density at radius 3 is 3.00 bits per heavy atom. The van der Waals surface area contributed by atoms with E-state index in [0.29, 0.717) is 11.2 Å². The highest BCUT2D eigenvalue weighted by Gasteiger charge is 2.13. The van der Waals surface area contributed by atoms with Crippen LogP contribution in [-0.4, -0.2) is 57.2 Å². The summed E-state index contributed by atoms with van der Waals surface area (Å²) in [5, 5.41) is 9.17. The summed E-state index contributed by atoms with van der Waals surface area (Å²) in [7, 11) is 1.19. The van der Waals surface area contributed by atoms with Gasteiger partial charge in [0.25, 0.3) is 0 Å². The average Bonchev–Trinajstić information content (AvgIpc) is 2.92. The summed E-state index contributed by atoms with van der Waals surface area (Å²) >= 11 is 0. The van der Waals surface area contributed by atoms with E-state index >= 15 is 0 Å². The third-order valence-electron chi connectivity index (χ3n) is 2.64. The standard InChI is InChI=1S/C11H15N5O5/c1-19-11(18)20-3-7(2-17)21-6-16-5-15-8-9(12)13-4-14-10(8)16/h4-5,7,17H,2-3,6H2,1H3,(H2,12,13,14). The van der Waals surface area contributed by atoms with Crippen molar-refractivity contribution in [3.8, 4) is 0 Å². The summed E-state index contributed by atoms with van der Waals surface area (Å²) in [6.07, 6.45) is 1.27. The van der Waals surface area contributed by atoms with Gasteiger partial charge in [0, 0.05) is 0 Å². The number of nitrogens with two attached hydrogens (primary N) is 1. The number of aromatic nitrogens is 4. The van der Waals surface area contributed by atoms with Crippen molar-refractivity contribution < 1.29 is 24.1 Å². The minimum absolute atomic E-state index is 0.0582. The van der Waals surface area contributed by atoms with Crippen molar-refractivity contribution in [2.24, 2.45) is 0 Å². The zero-order valence-corrected chi connectivity index (χ0v) is 11.3. The fraction of sp³-hybridized carbons (Fsp3) is 0.455. The lowest BCUT2D eigenvalue weighted by atomic mass is 10.4. The largest absolute Gasteiger partial charge is 0.508 e. The molecule has 1 unspecified atom stereocenters. The predicted molar refractivity (Wildman–Crippen MR) is 70.1 cm³/mol. The maximum Gasteiger partial charge on any atom is 0.508 e. The lowest BCUT2D eigenvalue weighted by Crippen LogP contribution is -2.26. The first-order valence-electron chi connectivity index (χ1n) is 6.00. The quantitative estimate of drug-likeness (QED) is 0.678. The number of anilines is 1. The maximum absolute atomic E-state index is 10.8. The monoisotopic (exact) mass is 297 g/mol. The number of nitrogens with zero attached hydrogens (tertiary/aromatic N) is 4. The highest BCUT2D eigenvalue weighted by atomic mass is 16.7. The number of ether oxygens (including phenoxy) is 3. The Kier molecular flexibility index (Phi) is 4.85. The number of aliphatic hydroxyl groups excluding tert-OH is 1. The van der Waals surface area contributed by atoms with Gasteiger partial charge in [0.05, 0.1) is 20.0 Å². The Labute approximate surface area is 119 Å².